The Morgan fingerprint density at radius 2 is 1.80 bits per heavy atom. The second-order valence-corrected chi connectivity index (χ2v) is 5.57. The molecule has 20 heavy (non-hydrogen) atoms. The number of nitrogens with one attached hydrogen (secondary N) is 1. The zero-order valence-electron chi connectivity index (χ0n) is 11.8. The van der Waals surface area contributed by atoms with Gasteiger partial charge in [-0.1, -0.05) is 30.3 Å². The predicted octanol–water partition coefficient (Wildman–Crippen LogP) is 3.28. The van der Waals surface area contributed by atoms with Crippen molar-refractivity contribution in [2.75, 3.05) is 13.2 Å². The fourth-order valence-electron chi connectivity index (χ4n) is 2.75. The lowest BCUT2D eigenvalue weighted by Gasteiger charge is -2.28. The SMILES string of the molecule is O=C(O)NCC1CCC(COCc2ccccc2)CC1. The molecule has 0 heterocycles. The molecular formula is C16H23NO3. The van der Waals surface area contributed by atoms with Gasteiger partial charge in [-0.15, -0.1) is 0 Å². The van der Waals surface area contributed by atoms with E-state index in [-0.39, 0.29) is 0 Å². The Bertz CT molecular complexity index is 399. The van der Waals surface area contributed by atoms with E-state index in [0.717, 1.165) is 32.3 Å². The molecule has 1 aromatic rings. The minimum Gasteiger partial charge on any atom is -0.465 e. The van der Waals surface area contributed by atoms with E-state index in [9.17, 15) is 4.79 Å². The molecule has 4 heteroatoms. The molecule has 0 spiro atoms. The van der Waals surface area contributed by atoms with Gasteiger partial charge < -0.3 is 15.2 Å². The van der Waals surface area contributed by atoms with Crippen molar-refractivity contribution in [2.24, 2.45) is 11.8 Å². The molecule has 1 amide bonds. The lowest BCUT2D eigenvalue weighted by molar-refractivity contribution is 0.0670. The van der Waals surface area contributed by atoms with Crippen molar-refractivity contribution in [3.8, 4) is 0 Å². The first-order chi connectivity index (χ1) is 9.74. The van der Waals surface area contributed by atoms with Crippen LogP contribution in [0.1, 0.15) is 31.2 Å². The van der Waals surface area contributed by atoms with E-state index in [1.54, 1.807) is 0 Å². The number of carbonyl (C=O) groups is 1. The second kappa shape index (κ2) is 7.90. The number of hydrogen-bond acceptors (Lipinski definition) is 2. The monoisotopic (exact) mass is 277 g/mol. The Morgan fingerprint density at radius 3 is 2.45 bits per heavy atom. The van der Waals surface area contributed by atoms with E-state index >= 15 is 0 Å². The molecule has 1 aliphatic rings. The molecule has 2 N–H and O–H groups in total. The van der Waals surface area contributed by atoms with Crippen molar-refractivity contribution in [3.63, 3.8) is 0 Å². The molecule has 1 saturated carbocycles. The first kappa shape index (κ1) is 14.9. The van der Waals surface area contributed by atoms with Gasteiger partial charge in [0.25, 0.3) is 0 Å². The first-order valence-electron chi connectivity index (χ1n) is 7.32. The Morgan fingerprint density at radius 1 is 1.15 bits per heavy atom. The summed E-state index contributed by atoms with van der Waals surface area (Å²) < 4.78 is 5.78. The first-order valence-corrected chi connectivity index (χ1v) is 7.32. The van der Waals surface area contributed by atoms with Crippen LogP contribution in [-0.4, -0.2) is 24.4 Å². The molecule has 0 aliphatic heterocycles. The Hall–Kier alpha value is -1.55. The van der Waals surface area contributed by atoms with Gasteiger partial charge >= 0.3 is 6.09 Å². The summed E-state index contributed by atoms with van der Waals surface area (Å²) in [6.45, 7) is 2.09. The van der Waals surface area contributed by atoms with Gasteiger partial charge in [-0.25, -0.2) is 4.79 Å². The Balaban J connectivity index is 1.59. The maximum absolute atomic E-state index is 10.5. The molecule has 0 aromatic heterocycles. The van der Waals surface area contributed by atoms with E-state index < -0.39 is 6.09 Å². The van der Waals surface area contributed by atoms with E-state index in [2.05, 4.69) is 17.4 Å². The van der Waals surface area contributed by atoms with Gasteiger partial charge in [-0.05, 0) is 43.1 Å². The molecule has 0 unspecified atom stereocenters. The van der Waals surface area contributed by atoms with Crippen LogP contribution in [0.3, 0.4) is 0 Å². The molecule has 1 aliphatic carbocycles. The maximum Gasteiger partial charge on any atom is 0.404 e. The van der Waals surface area contributed by atoms with Gasteiger partial charge in [0.05, 0.1) is 6.61 Å². The van der Waals surface area contributed by atoms with Crippen LogP contribution in [0.25, 0.3) is 0 Å². The van der Waals surface area contributed by atoms with Crippen LogP contribution in [0.4, 0.5) is 4.79 Å². The van der Waals surface area contributed by atoms with Crippen LogP contribution in [0.5, 0.6) is 0 Å². The highest BCUT2D eigenvalue weighted by Crippen LogP contribution is 2.28. The molecule has 0 radical (unpaired) electrons. The maximum atomic E-state index is 10.5. The topological polar surface area (TPSA) is 58.6 Å². The van der Waals surface area contributed by atoms with Crippen LogP contribution in [0, 0.1) is 11.8 Å². The van der Waals surface area contributed by atoms with E-state index in [1.807, 2.05) is 18.2 Å². The molecule has 0 saturated heterocycles. The Kier molecular flexibility index (Phi) is 5.87. The normalized spacial score (nSPS) is 22.4. The highest BCUT2D eigenvalue weighted by Gasteiger charge is 2.21. The quantitative estimate of drug-likeness (QED) is 0.839. The van der Waals surface area contributed by atoms with Crippen molar-refractivity contribution >= 4 is 6.09 Å². The molecule has 4 nitrogen and oxygen atoms in total. The highest BCUT2D eigenvalue weighted by atomic mass is 16.5. The summed E-state index contributed by atoms with van der Waals surface area (Å²) in [6, 6.07) is 10.2. The molecule has 0 bridgehead atoms. The smallest absolute Gasteiger partial charge is 0.404 e. The van der Waals surface area contributed by atoms with Crippen molar-refractivity contribution < 1.29 is 14.6 Å². The van der Waals surface area contributed by atoms with Crippen molar-refractivity contribution in [1.82, 2.24) is 5.32 Å². The highest BCUT2D eigenvalue weighted by molar-refractivity contribution is 5.64. The lowest BCUT2D eigenvalue weighted by Crippen LogP contribution is -2.30. The number of amides is 1. The third-order valence-electron chi connectivity index (χ3n) is 3.97. The largest absolute Gasteiger partial charge is 0.465 e. The zero-order chi connectivity index (χ0) is 14.2. The van der Waals surface area contributed by atoms with Gasteiger partial charge in [0.2, 0.25) is 0 Å². The third kappa shape index (κ3) is 5.21. The minimum atomic E-state index is -0.918. The van der Waals surface area contributed by atoms with Crippen LogP contribution in [0.15, 0.2) is 30.3 Å². The van der Waals surface area contributed by atoms with Crippen LogP contribution in [-0.2, 0) is 11.3 Å². The summed E-state index contributed by atoms with van der Waals surface area (Å²) in [5.74, 6) is 1.12. The molecule has 1 aromatic carbocycles. The van der Waals surface area contributed by atoms with Crippen LogP contribution >= 0.6 is 0 Å². The number of hydrogen-bond donors (Lipinski definition) is 2. The van der Waals surface area contributed by atoms with Gasteiger partial charge in [-0.3, -0.25) is 0 Å². The number of benzene rings is 1. The summed E-state index contributed by atoms with van der Waals surface area (Å²) >= 11 is 0. The lowest BCUT2D eigenvalue weighted by atomic mass is 9.82. The van der Waals surface area contributed by atoms with E-state index in [4.69, 9.17) is 9.84 Å². The standard InChI is InChI=1S/C16H23NO3/c18-16(19)17-10-13-6-8-15(9-7-13)12-20-11-14-4-2-1-3-5-14/h1-5,13,15,17H,6-12H2,(H,18,19). The molecule has 1 fully saturated rings. The minimum absolute atomic E-state index is 0.497. The summed E-state index contributed by atoms with van der Waals surface area (Å²) in [5.41, 5.74) is 1.21. The third-order valence-corrected chi connectivity index (χ3v) is 3.97. The van der Waals surface area contributed by atoms with Crippen molar-refractivity contribution in [1.29, 1.82) is 0 Å². The number of ether oxygens (including phenoxy) is 1. The van der Waals surface area contributed by atoms with Gasteiger partial charge in [0.15, 0.2) is 0 Å². The fourth-order valence-corrected chi connectivity index (χ4v) is 2.75. The van der Waals surface area contributed by atoms with Gasteiger partial charge in [0.1, 0.15) is 0 Å². The van der Waals surface area contributed by atoms with Crippen molar-refractivity contribution in [2.45, 2.75) is 32.3 Å². The molecule has 110 valence electrons. The second-order valence-electron chi connectivity index (χ2n) is 5.57. The fraction of sp³-hybridized carbons (Fsp3) is 0.562. The van der Waals surface area contributed by atoms with Crippen molar-refractivity contribution in [3.05, 3.63) is 35.9 Å². The molecule has 0 atom stereocenters. The summed E-state index contributed by atoms with van der Waals surface area (Å²) in [5, 5.41) is 11.1. The summed E-state index contributed by atoms with van der Waals surface area (Å²) in [7, 11) is 0. The Labute approximate surface area is 120 Å². The zero-order valence-corrected chi connectivity index (χ0v) is 11.8. The van der Waals surface area contributed by atoms with Gasteiger partial charge in [0, 0.05) is 13.2 Å². The van der Waals surface area contributed by atoms with E-state index in [1.165, 1.54) is 5.56 Å². The average molecular weight is 277 g/mol. The summed E-state index contributed by atoms with van der Waals surface area (Å²) in [4.78, 5) is 10.5. The number of rotatable bonds is 6. The average Bonchev–Trinajstić information content (AvgIpc) is 2.47. The van der Waals surface area contributed by atoms with E-state index in [0.29, 0.717) is 25.0 Å². The van der Waals surface area contributed by atoms with Crippen LogP contribution < -0.4 is 5.32 Å². The van der Waals surface area contributed by atoms with Crippen LogP contribution in [0.2, 0.25) is 0 Å². The van der Waals surface area contributed by atoms with Gasteiger partial charge in [-0.2, -0.15) is 0 Å². The predicted molar refractivity (Wildman–Crippen MR) is 77.6 cm³/mol. The molecular weight excluding hydrogens is 254 g/mol. The molecule has 2 rings (SSSR count). The summed E-state index contributed by atoms with van der Waals surface area (Å²) in [6.07, 6.45) is 3.55. The number of carboxylic acid groups (broad SMARTS) is 1.